The SMILES string of the molecule is Oc1ccc(-c2nc(Nc3cccc(O)c3)ccc2-c2ccccc2)cc1. The third-order valence-electron chi connectivity index (χ3n) is 4.24. The maximum atomic E-state index is 9.66. The van der Waals surface area contributed by atoms with Crippen molar-refractivity contribution in [2.45, 2.75) is 0 Å². The Morgan fingerprint density at radius 3 is 2.15 bits per heavy atom. The van der Waals surface area contributed by atoms with Gasteiger partial charge in [-0.15, -0.1) is 0 Å². The molecule has 0 aliphatic heterocycles. The summed E-state index contributed by atoms with van der Waals surface area (Å²) in [5.74, 6) is 1.08. The van der Waals surface area contributed by atoms with Gasteiger partial charge in [0.2, 0.25) is 0 Å². The van der Waals surface area contributed by atoms with E-state index in [0.717, 1.165) is 28.1 Å². The minimum absolute atomic E-state index is 0.194. The van der Waals surface area contributed by atoms with Crippen LogP contribution in [0.3, 0.4) is 0 Å². The zero-order valence-corrected chi connectivity index (χ0v) is 14.5. The fraction of sp³-hybridized carbons (Fsp3) is 0. The number of aromatic hydroxyl groups is 2. The second kappa shape index (κ2) is 7.22. The Morgan fingerprint density at radius 2 is 1.41 bits per heavy atom. The summed E-state index contributed by atoms with van der Waals surface area (Å²) in [5.41, 5.74) is 4.55. The van der Waals surface area contributed by atoms with Crippen LogP contribution in [0.1, 0.15) is 0 Å². The Bertz CT molecular complexity index is 1060. The van der Waals surface area contributed by atoms with E-state index < -0.39 is 0 Å². The Labute approximate surface area is 157 Å². The van der Waals surface area contributed by atoms with Crippen LogP contribution in [-0.2, 0) is 0 Å². The molecule has 4 nitrogen and oxygen atoms in total. The number of nitrogens with one attached hydrogen (secondary N) is 1. The molecule has 1 heterocycles. The van der Waals surface area contributed by atoms with E-state index in [0.29, 0.717) is 5.82 Å². The van der Waals surface area contributed by atoms with Gasteiger partial charge in [0.1, 0.15) is 17.3 Å². The summed E-state index contributed by atoms with van der Waals surface area (Å²) in [6.07, 6.45) is 0. The lowest BCUT2D eigenvalue weighted by molar-refractivity contribution is 0.475. The fourth-order valence-corrected chi connectivity index (χ4v) is 2.95. The lowest BCUT2D eigenvalue weighted by Gasteiger charge is -2.13. The summed E-state index contributed by atoms with van der Waals surface area (Å²) in [5, 5.41) is 22.5. The highest BCUT2D eigenvalue weighted by Crippen LogP contribution is 2.33. The van der Waals surface area contributed by atoms with E-state index in [1.165, 1.54) is 0 Å². The van der Waals surface area contributed by atoms with Gasteiger partial charge in [-0.3, -0.25) is 0 Å². The Balaban J connectivity index is 1.80. The molecule has 0 spiro atoms. The van der Waals surface area contributed by atoms with Crippen LogP contribution in [0.2, 0.25) is 0 Å². The van der Waals surface area contributed by atoms with Crippen molar-refractivity contribution in [2.24, 2.45) is 0 Å². The van der Waals surface area contributed by atoms with E-state index in [1.54, 1.807) is 30.3 Å². The van der Waals surface area contributed by atoms with Gasteiger partial charge in [-0.25, -0.2) is 4.98 Å². The first-order chi connectivity index (χ1) is 13.2. The summed E-state index contributed by atoms with van der Waals surface area (Å²) in [7, 11) is 0. The summed E-state index contributed by atoms with van der Waals surface area (Å²) in [6, 6.07) is 27.9. The average Bonchev–Trinajstić information content (AvgIpc) is 2.69. The number of aromatic nitrogens is 1. The van der Waals surface area contributed by atoms with Gasteiger partial charge in [0.05, 0.1) is 5.69 Å². The Morgan fingerprint density at radius 1 is 0.630 bits per heavy atom. The Kier molecular flexibility index (Phi) is 4.45. The molecule has 27 heavy (non-hydrogen) atoms. The first kappa shape index (κ1) is 16.7. The number of phenolic OH excluding ortho intramolecular Hbond substituents is 2. The van der Waals surface area contributed by atoms with Crippen molar-refractivity contribution in [3.63, 3.8) is 0 Å². The minimum Gasteiger partial charge on any atom is -0.508 e. The van der Waals surface area contributed by atoms with E-state index in [-0.39, 0.29) is 11.5 Å². The molecule has 3 aromatic carbocycles. The quantitative estimate of drug-likeness (QED) is 0.448. The van der Waals surface area contributed by atoms with E-state index in [9.17, 15) is 10.2 Å². The smallest absolute Gasteiger partial charge is 0.131 e. The van der Waals surface area contributed by atoms with Crippen molar-refractivity contribution >= 4 is 11.5 Å². The van der Waals surface area contributed by atoms with Gasteiger partial charge in [-0.2, -0.15) is 0 Å². The van der Waals surface area contributed by atoms with Crippen molar-refractivity contribution in [1.29, 1.82) is 0 Å². The molecule has 3 N–H and O–H groups in total. The number of benzene rings is 3. The number of pyridine rings is 1. The first-order valence-corrected chi connectivity index (χ1v) is 8.61. The third kappa shape index (κ3) is 3.75. The van der Waals surface area contributed by atoms with Crippen LogP contribution in [-0.4, -0.2) is 15.2 Å². The molecule has 4 heteroatoms. The van der Waals surface area contributed by atoms with Crippen LogP contribution in [0.5, 0.6) is 11.5 Å². The second-order valence-electron chi connectivity index (χ2n) is 6.18. The van der Waals surface area contributed by atoms with Crippen LogP contribution in [0.25, 0.3) is 22.4 Å². The number of anilines is 2. The maximum absolute atomic E-state index is 9.66. The van der Waals surface area contributed by atoms with Crippen LogP contribution < -0.4 is 5.32 Å². The highest BCUT2D eigenvalue weighted by Gasteiger charge is 2.11. The van der Waals surface area contributed by atoms with Gasteiger partial charge in [0.25, 0.3) is 0 Å². The van der Waals surface area contributed by atoms with E-state index in [2.05, 4.69) is 5.32 Å². The van der Waals surface area contributed by atoms with Gasteiger partial charge in [0, 0.05) is 22.9 Å². The molecule has 0 saturated heterocycles. The zero-order valence-electron chi connectivity index (χ0n) is 14.5. The zero-order chi connectivity index (χ0) is 18.6. The normalized spacial score (nSPS) is 10.5. The summed E-state index contributed by atoms with van der Waals surface area (Å²) < 4.78 is 0. The molecule has 0 unspecified atom stereocenters. The van der Waals surface area contributed by atoms with Crippen LogP contribution in [0.4, 0.5) is 11.5 Å². The van der Waals surface area contributed by atoms with E-state index >= 15 is 0 Å². The van der Waals surface area contributed by atoms with Crippen molar-refractivity contribution in [2.75, 3.05) is 5.32 Å². The first-order valence-electron chi connectivity index (χ1n) is 8.61. The second-order valence-corrected chi connectivity index (χ2v) is 6.18. The van der Waals surface area contributed by atoms with Crippen LogP contribution in [0, 0.1) is 0 Å². The molecular formula is C23H18N2O2. The highest BCUT2D eigenvalue weighted by atomic mass is 16.3. The topological polar surface area (TPSA) is 65.4 Å². The van der Waals surface area contributed by atoms with Crippen molar-refractivity contribution in [3.8, 4) is 33.9 Å². The molecule has 4 rings (SSSR count). The molecule has 4 aromatic rings. The van der Waals surface area contributed by atoms with Gasteiger partial charge in [-0.1, -0.05) is 36.4 Å². The number of nitrogens with zero attached hydrogens (tertiary/aromatic N) is 1. The third-order valence-corrected chi connectivity index (χ3v) is 4.24. The molecule has 0 fully saturated rings. The molecule has 0 amide bonds. The summed E-state index contributed by atoms with van der Waals surface area (Å²) in [4.78, 5) is 4.80. The standard InChI is InChI=1S/C23H18N2O2/c26-19-11-9-17(10-12-19)23-21(16-5-2-1-3-6-16)13-14-22(25-23)24-18-7-4-8-20(27)15-18/h1-15,26-27H,(H,24,25). The summed E-state index contributed by atoms with van der Waals surface area (Å²) >= 11 is 0. The molecule has 0 aliphatic carbocycles. The fourth-order valence-electron chi connectivity index (χ4n) is 2.95. The van der Waals surface area contributed by atoms with Gasteiger partial charge < -0.3 is 15.5 Å². The highest BCUT2D eigenvalue weighted by molar-refractivity contribution is 5.82. The molecule has 0 aliphatic rings. The molecule has 0 saturated carbocycles. The monoisotopic (exact) mass is 354 g/mol. The predicted octanol–water partition coefficient (Wildman–Crippen LogP) is 5.57. The largest absolute Gasteiger partial charge is 0.508 e. The molecular weight excluding hydrogens is 336 g/mol. The van der Waals surface area contributed by atoms with E-state index in [4.69, 9.17) is 4.98 Å². The molecule has 0 radical (unpaired) electrons. The molecule has 132 valence electrons. The molecule has 0 atom stereocenters. The maximum Gasteiger partial charge on any atom is 0.131 e. The minimum atomic E-state index is 0.194. The van der Waals surface area contributed by atoms with Gasteiger partial charge >= 0.3 is 0 Å². The van der Waals surface area contributed by atoms with Gasteiger partial charge in [-0.05, 0) is 54.1 Å². The lowest BCUT2D eigenvalue weighted by Crippen LogP contribution is -1.97. The predicted molar refractivity (Wildman–Crippen MR) is 108 cm³/mol. The van der Waals surface area contributed by atoms with Crippen LogP contribution in [0.15, 0.2) is 91.0 Å². The van der Waals surface area contributed by atoms with Crippen molar-refractivity contribution < 1.29 is 10.2 Å². The number of hydrogen-bond donors (Lipinski definition) is 3. The van der Waals surface area contributed by atoms with Crippen molar-refractivity contribution in [1.82, 2.24) is 4.98 Å². The average molecular weight is 354 g/mol. The molecule has 0 bridgehead atoms. The molecule has 1 aromatic heterocycles. The van der Waals surface area contributed by atoms with E-state index in [1.807, 2.05) is 60.7 Å². The Hall–Kier alpha value is -3.79. The number of hydrogen-bond acceptors (Lipinski definition) is 4. The van der Waals surface area contributed by atoms with Crippen LogP contribution >= 0.6 is 0 Å². The van der Waals surface area contributed by atoms with Gasteiger partial charge in [0.15, 0.2) is 0 Å². The summed E-state index contributed by atoms with van der Waals surface area (Å²) in [6.45, 7) is 0. The number of rotatable bonds is 4. The lowest BCUT2D eigenvalue weighted by atomic mass is 9.99. The number of phenols is 2. The van der Waals surface area contributed by atoms with Crippen molar-refractivity contribution in [3.05, 3.63) is 91.0 Å².